The minimum atomic E-state index is -2.97. The van der Waals surface area contributed by atoms with E-state index >= 15 is 0 Å². The minimum absolute atomic E-state index is 0.0198. The Hall–Kier alpha value is -3.85. The highest BCUT2D eigenvalue weighted by Gasteiger charge is 2.16. The smallest absolute Gasteiger partial charge is 0.387 e. The van der Waals surface area contributed by atoms with Crippen molar-refractivity contribution in [2.75, 3.05) is 5.32 Å². The van der Waals surface area contributed by atoms with E-state index in [9.17, 15) is 18.4 Å². The molecule has 2 N–H and O–H groups in total. The number of anilines is 1. The second-order valence-electron chi connectivity index (χ2n) is 6.35. The first-order valence-electron chi connectivity index (χ1n) is 9.11. The molecule has 0 unspecified atom stereocenters. The molecule has 31 heavy (non-hydrogen) atoms. The molecule has 2 aromatic heterocycles. The molecular formula is C22H15F2N3O3S. The van der Waals surface area contributed by atoms with Gasteiger partial charge in [0.25, 0.3) is 11.5 Å². The molecule has 0 spiro atoms. The van der Waals surface area contributed by atoms with Crippen LogP contribution in [0.5, 0.6) is 5.75 Å². The fraction of sp³-hybridized carbons (Fsp3) is 0.0455. The number of aromatic nitrogens is 2. The molecule has 0 aliphatic rings. The molecule has 0 radical (unpaired) electrons. The Morgan fingerprint density at radius 2 is 1.77 bits per heavy atom. The van der Waals surface area contributed by atoms with E-state index in [0.717, 1.165) is 16.9 Å². The molecule has 2 heterocycles. The molecule has 2 aromatic carbocycles. The summed E-state index contributed by atoms with van der Waals surface area (Å²) in [4.78, 5) is 31.9. The van der Waals surface area contributed by atoms with Gasteiger partial charge in [0.2, 0.25) is 0 Å². The summed E-state index contributed by atoms with van der Waals surface area (Å²) < 4.78 is 29.8. The Labute approximate surface area is 179 Å². The summed E-state index contributed by atoms with van der Waals surface area (Å²) in [6.45, 7) is -2.97. The first-order valence-corrected chi connectivity index (χ1v) is 9.99. The van der Waals surface area contributed by atoms with Crippen LogP contribution in [0.25, 0.3) is 22.5 Å². The average Bonchev–Trinajstić information content (AvgIpc) is 3.22. The van der Waals surface area contributed by atoms with Crippen molar-refractivity contribution in [2.45, 2.75) is 6.61 Å². The highest BCUT2D eigenvalue weighted by Crippen LogP contribution is 2.33. The summed E-state index contributed by atoms with van der Waals surface area (Å²) in [7, 11) is 0. The van der Waals surface area contributed by atoms with Crippen LogP contribution in [0.15, 0.2) is 76.9 Å². The third kappa shape index (κ3) is 4.67. The van der Waals surface area contributed by atoms with Crippen LogP contribution in [0.4, 0.5) is 13.9 Å². The summed E-state index contributed by atoms with van der Waals surface area (Å²) in [5.41, 5.74) is 1.54. The highest BCUT2D eigenvalue weighted by atomic mass is 32.1. The number of carbonyl (C=O) groups is 1. The zero-order chi connectivity index (χ0) is 21.8. The summed E-state index contributed by atoms with van der Waals surface area (Å²) in [5.74, 6) is -0.646. The number of rotatable bonds is 6. The van der Waals surface area contributed by atoms with E-state index in [1.165, 1.54) is 12.1 Å². The molecule has 6 nitrogen and oxygen atoms in total. The van der Waals surface area contributed by atoms with Gasteiger partial charge in [-0.25, -0.2) is 4.98 Å². The van der Waals surface area contributed by atoms with Crippen molar-refractivity contribution >= 4 is 22.4 Å². The van der Waals surface area contributed by atoms with Crippen molar-refractivity contribution in [2.24, 2.45) is 0 Å². The number of nitrogens with zero attached hydrogens (tertiary/aromatic N) is 1. The van der Waals surface area contributed by atoms with Gasteiger partial charge in [-0.2, -0.15) is 8.78 Å². The Kier molecular flexibility index (Phi) is 5.85. The lowest BCUT2D eigenvalue weighted by molar-refractivity contribution is -0.0494. The maximum atomic E-state index is 12.6. The number of H-pyrrole nitrogens is 1. The predicted octanol–water partition coefficient (Wildman–Crippen LogP) is 5.02. The number of thiazole rings is 1. The van der Waals surface area contributed by atoms with Gasteiger partial charge in [0, 0.05) is 16.6 Å². The van der Waals surface area contributed by atoms with E-state index in [1.54, 1.807) is 29.6 Å². The fourth-order valence-electron chi connectivity index (χ4n) is 2.93. The summed E-state index contributed by atoms with van der Waals surface area (Å²) in [5, 5.41) is 4.39. The third-order valence-electron chi connectivity index (χ3n) is 4.34. The Balaban J connectivity index is 1.53. The van der Waals surface area contributed by atoms with Gasteiger partial charge in [0.05, 0.1) is 5.69 Å². The van der Waals surface area contributed by atoms with Crippen molar-refractivity contribution in [3.05, 3.63) is 88.0 Å². The zero-order valence-electron chi connectivity index (χ0n) is 15.8. The number of hydrogen-bond donors (Lipinski definition) is 2. The van der Waals surface area contributed by atoms with Crippen LogP contribution in [-0.4, -0.2) is 22.5 Å². The van der Waals surface area contributed by atoms with Crippen molar-refractivity contribution < 1.29 is 18.3 Å². The van der Waals surface area contributed by atoms with Gasteiger partial charge in [-0.3, -0.25) is 14.9 Å². The number of carbonyl (C=O) groups excluding carboxylic acids is 1. The highest BCUT2D eigenvalue weighted by molar-refractivity contribution is 7.14. The lowest BCUT2D eigenvalue weighted by atomic mass is 10.1. The number of ether oxygens (including phenoxy) is 1. The van der Waals surface area contributed by atoms with Gasteiger partial charge in [0.15, 0.2) is 5.13 Å². The Morgan fingerprint density at radius 3 is 2.52 bits per heavy atom. The van der Waals surface area contributed by atoms with E-state index in [0.29, 0.717) is 17.0 Å². The van der Waals surface area contributed by atoms with Gasteiger partial charge in [-0.05, 0) is 29.8 Å². The van der Waals surface area contributed by atoms with Crippen LogP contribution in [0, 0.1) is 0 Å². The molecule has 0 fully saturated rings. The van der Waals surface area contributed by atoms with E-state index in [4.69, 9.17) is 0 Å². The molecule has 1 amide bonds. The molecule has 4 rings (SSSR count). The van der Waals surface area contributed by atoms with Crippen molar-refractivity contribution in [3.63, 3.8) is 0 Å². The Bertz CT molecular complexity index is 1270. The number of halogens is 2. The first-order chi connectivity index (χ1) is 15.0. The number of hydrogen-bond acceptors (Lipinski definition) is 5. The summed E-state index contributed by atoms with van der Waals surface area (Å²) in [6.07, 6.45) is 0. The number of para-hydroxylation sites is 1. The molecule has 0 saturated heterocycles. The van der Waals surface area contributed by atoms with Crippen molar-refractivity contribution in [1.29, 1.82) is 0 Å². The van der Waals surface area contributed by atoms with Gasteiger partial charge in [-0.15, -0.1) is 11.3 Å². The number of nitrogens with one attached hydrogen (secondary N) is 2. The van der Waals surface area contributed by atoms with Crippen LogP contribution < -0.4 is 15.6 Å². The largest absolute Gasteiger partial charge is 0.434 e. The number of aromatic amines is 1. The maximum Gasteiger partial charge on any atom is 0.387 e. The molecule has 156 valence electrons. The monoisotopic (exact) mass is 439 g/mol. The Morgan fingerprint density at radius 1 is 1.03 bits per heavy atom. The second-order valence-corrected chi connectivity index (χ2v) is 7.21. The molecule has 0 aliphatic heterocycles. The van der Waals surface area contributed by atoms with Gasteiger partial charge >= 0.3 is 6.61 Å². The summed E-state index contributed by atoms with van der Waals surface area (Å²) >= 11 is 1.10. The fourth-order valence-corrected chi connectivity index (χ4v) is 3.64. The number of alkyl halides is 2. The molecule has 0 bridgehead atoms. The van der Waals surface area contributed by atoms with Crippen molar-refractivity contribution in [1.82, 2.24) is 9.97 Å². The average molecular weight is 439 g/mol. The van der Waals surface area contributed by atoms with Crippen LogP contribution in [0.2, 0.25) is 0 Å². The topological polar surface area (TPSA) is 84.1 Å². The molecular weight excluding hydrogens is 424 g/mol. The van der Waals surface area contributed by atoms with Crippen molar-refractivity contribution in [3.8, 4) is 28.3 Å². The quantitative estimate of drug-likeness (QED) is 0.442. The van der Waals surface area contributed by atoms with Crippen LogP contribution >= 0.6 is 11.3 Å². The molecule has 0 aliphatic carbocycles. The SMILES string of the molecule is O=C(Nc1nc(-c2ccccc2OC(F)F)cs1)c1ccc(-c2ccccc2)[nH]c1=O. The number of amides is 1. The lowest BCUT2D eigenvalue weighted by Crippen LogP contribution is -2.23. The molecule has 0 atom stereocenters. The van der Waals surface area contributed by atoms with Gasteiger partial charge in [0.1, 0.15) is 11.3 Å². The first kappa shape index (κ1) is 20.4. The predicted molar refractivity (Wildman–Crippen MR) is 115 cm³/mol. The van der Waals surface area contributed by atoms with Crippen LogP contribution in [-0.2, 0) is 0 Å². The number of benzene rings is 2. The van der Waals surface area contributed by atoms with E-state index in [1.807, 2.05) is 30.3 Å². The minimum Gasteiger partial charge on any atom is -0.434 e. The number of pyridine rings is 1. The van der Waals surface area contributed by atoms with E-state index in [-0.39, 0.29) is 16.4 Å². The normalized spacial score (nSPS) is 10.8. The zero-order valence-corrected chi connectivity index (χ0v) is 16.7. The van der Waals surface area contributed by atoms with Gasteiger partial charge in [-0.1, -0.05) is 42.5 Å². The van der Waals surface area contributed by atoms with Gasteiger partial charge < -0.3 is 9.72 Å². The standard InChI is InChI=1S/C22H15F2N3O3S/c23-21(24)30-18-9-5-4-8-14(18)17-12-31-22(26-17)27-20(29)15-10-11-16(25-19(15)28)13-6-2-1-3-7-13/h1-12,21H,(H,25,28)(H,26,27,29). The lowest BCUT2D eigenvalue weighted by Gasteiger charge is -2.08. The maximum absolute atomic E-state index is 12.6. The molecule has 4 aromatic rings. The van der Waals surface area contributed by atoms with E-state index in [2.05, 4.69) is 20.0 Å². The second kappa shape index (κ2) is 8.88. The molecule has 0 saturated carbocycles. The van der Waals surface area contributed by atoms with Crippen LogP contribution in [0.1, 0.15) is 10.4 Å². The summed E-state index contributed by atoms with van der Waals surface area (Å²) in [6, 6.07) is 18.6. The van der Waals surface area contributed by atoms with E-state index < -0.39 is 18.1 Å². The molecule has 9 heteroatoms. The van der Waals surface area contributed by atoms with Crippen LogP contribution in [0.3, 0.4) is 0 Å². The third-order valence-corrected chi connectivity index (χ3v) is 5.10.